The Balaban J connectivity index is 0.000000640. The van der Waals surface area contributed by atoms with Crippen molar-refractivity contribution in [2.75, 3.05) is 0 Å². The summed E-state index contributed by atoms with van der Waals surface area (Å²) in [6.45, 7) is 0. The summed E-state index contributed by atoms with van der Waals surface area (Å²) in [5, 5.41) is 2.24. The molecule has 2 aromatic carbocycles. The average Bonchev–Trinajstić information content (AvgIpc) is 2.26. The molecule has 16 heavy (non-hydrogen) atoms. The molecule has 0 fully saturated rings. The first-order valence-electron chi connectivity index (χ1n) is 4.60. The van der Waals surface area contributed by atoms with E-state index in [-0.39, 0.29) is 31.9 Å². The number of hydrogen-bond donors (Lipinski definition) is 0. The van der Waals surface area contributed by atoms with Gasteiger partial charge in [0.2, 0.25) is 0 Å². The van der Waals surface area contributed by atoms with Crippen LogP contribution in [-0.2, 0) is 19.5 Å². The Hall–Kier alpha value is -0.977. The van der Waals surface area contributed by atoms with Crippen LogP contribution in [-0.4, -0.2) is 4.98 Å². The van der Waals surface area contributed by atoms with E-state index in [9.17, 15) is 0 Å². The number of nitrogens with zero attached hydrogens (tertiary/aromatic N) is 1. The van der Waals surface area contributed by atoms with Gasteiger partial charge in [0.15, 0.2) is 0 Å². The van der Waals surface area contributed by atoms with Gasteiger partial charge in [0.05, 0.1) is 5.52 Å². The summed E-state index contributed by atoms with van der Waals surface area (Å²) in [6.07, 6.45) is 0. The maximum absolute atomic E-state index is 4.55. The van der Waals surface area contributed by atoms with E-state index >= 15 is 0 Å². The zero-order valence-electron chi connectivity index (χ0n) is 8.68. The van der Waals surface area contributed by atoms with Gasteiger partial charge in [-0.1, -0.05) is 18.2 Å². The first-order chi connectivity index (χ1) is 6.93. The van der Waals surface area contributed by atoms with Crippen molar-refractivity contribution >= 4 is 34.2 Å². The number of rotatable bonds is 0. The first kappa shape index (κ1) is 13.1. The van der Waals surface area contributed by atoms with E-state index in [1.165, 1.54) is 5.39 Å². The van der Waals surface area contributed by atoms with E-state index < -0.39 is 0 Å². The molecule has 3 heteroatoms. The zero-order valence-corrected chi connectivity index (χ0v) is 12.5. The Kier molecular flexibility index (Phi) is 4.40. The number of fused-ring (bicyclic) bond motifs is 2. The Morgan fingerprint density at radius 1 is 0.938 bits per heavy atom. The summed E-state index contributed by atoms with van der Waals surface area (Å²) in [5.74, 6) is 0. The third-order valence-corrected chi connectivity index (χ3v) is 2.34. The van der Waals surface area contributed by atoms with E-state index in [4.69, 9.17) is 0 Å². The standard InChI is InChI=1S/C13H8N.ClH.Zn/c1-3-7-12-10(5-1)9-11-6-2-4-8-13(11)14-12;;/h1-5,7-9H;1H;/q-1;;. The minimum Gasteiger partial charge on any atom is -0.298 e. The second kappa shape index (κ2) is 5.38. The smallest absolute Gasteiger partial charge is 0.0503 e. The van der Waals surface area contributed by atoms with Crippen LogP contribution in [0.1, 0.15) is 0 Å². The maximum atomic E-state index is 4.55. The van der Waals surface area contributed by atoms with Crippen LogP contribution in [0.5, 0.6) is 0 Å². The molecule has 1 heterocycles. The van der Waals surface area contributed by atoms with Gasteiger partial charge < -0.3 is 0 Å². The molecule has 0 amide bonds. The van der Waals surface area contributed by atoms with Crippen LogP contribution in [0, 0.1) is 6.07 Å². The molecule has 3 rings (SSSR count). The van der Waals surface area contributed by atoms with Crippen molar-refractivity contribution in [1.82, 2.24) is 4.98 Å². The maximum Gasteiger partial charge on any atom is 0.0503 e. The van der Waals surface area contributed by atoms with Crippen molar-refractivity contribution in [3.8, 4) is 0 Å². The molecule has 0 aliphatic heterocycles. The van der Waals surface area contributed by atoms with Crippen molar-refractivity contribution in [1.29, 1.82) is 0 Å². The molecule has 1 aromatic heterocycles. The van der Waals surface area contributed by atoms with Crippen LogP contribution in [0.15, 0.2) is 48.5 Å². The summed E-state index contributed by atoms with van der Waals surface area (Å²) in [6, 6.07) is 19.3. The van der Waals surface area contributed by atoms with E-state index in [1.54, 1.807) is 0 Å². The van der Waals surface area contributed by atoms with E-state index in [2.05, 4.69) is 23.2 Å². The second-order valence-corrected chi connectivity index (χ2v) is 3.28. The Labute approximate surface area is 113 Å². The van der Waals surface area contributed by atoms with Crippen LogP contribution in [0.4, 0.5) is 0 Å². The van der Waals surface area contributed by atoms with Crippen molar-refractivity contribution < 1.29 is 19.5 Å². The SMILES string of the molecule is Cl.[Zn].[c-]1cccc2nc3ccccc3cc12. The molecule has 0 atom stereocenters. The van der Waals surface area contributed by atoms with E-state index in [0.717, 1.165) is 16.4 Å². The average molecular weight is 280 g/mol. The molecule has 0 saturated heterocycles. The minimum atomic E-state index is 0. The predicted octanol–water partition coefficient (Wildman–Crippen LogP) is 3.61. The van der Waals surface area contributed by atoms with Crippen molar-refractivity contribution in [3.05, 3.63) is 54.6 Å². The summed E-state index contributed by atoms with van der Waals surface area (Å²) in [7, 11) is 0. The van der Waals surface area contributed by atoms with Crippen molar-refractivity contribution in [3.63, 3.8) is 0 Å². The molecule has 0 unspecified atom stereocenters. The summed E-state index contributed by atoms with van der Waals surface area (Å²) < 4.78 is 0. The molecule has 0 bridgehead atoms. The third-order valence-electron chi connectivity index (χ3n) is 2.34. The van der Waals surface area contributed by atoms with Gasteiger partial charge in [0, 0.05) is 19.5 Å². The van der Waals surface area contributed by atoms with Gasteiger partial charge in [-0.2, -0.15) is 0 Å². The first-order valence-corrected chi connectivity index (χ1v) is 4.60. The topological polar surface area (TPSA) is 12.9 Å². The van der Waals surface area contributed by atoms with Gasteiger partial charge in [-0.15, -0.1) is 48.1 Å². The second-order valence-electron chi connectivity index (χ2n) is 3.28. The van der Waals surface area contributed by atoms with Crippen molar-refractivity contribution in [2.24, 2.45) is 0 Å². The summed E-state index contributed by atoms with van der Waals surface area (Å²) >= 11 is 0. The summed E-state index contributed by atoms with van der Waals surface area (Å²) in [4.78, 5) is 4.55. The number of para-hydroxylation sites is 1. The molecule has 1 nitrogen and oxygen atoms in total. The molecule has 0 N–H and O–H groups in total. The molecule has 0 radical (unpaired) electrons. The molecule has 76 valence electrons. The molecule has 0 spiro atoms. The fraction of sp³-hybridized carbons (Fsp3) is 0. The van der Waals surface area contributed by atoms with Crippen LogP contribution >= 0.6 is 12.4 Å². The third kappa shape index (κ3) is 2.24. The van der Waals surface area contributed by atoms with Gasteiger partial charge >= 0.3 is 0 Å². The van der Waals surface area contributed by atoms with Gasteiger partial charge in [-0.3, -0.25) is 4.98 Å². The Morgan fingerprint density at radius 3 is 2.56 bits per heavy atom. The number of aromatic nitrogens is 1. The number of halogens is 1. The number of pyridine rings is 1. The minimum absolute atomic E-state index is 0. The molecule has 0 aliphatic carbocycles. The number of hydrogen-bond acceptors (Lipinski definition) is 1. The fourth-order valence-electron chi connectivity index (χ4n) is 1.65. The van der Waals surface area contributed by atoms with Crippen molar-refractivity contribution in [2.45, 2.75) is 0 Å². The Bertz CT molecular complexity index is 505. The van der Waals surface area contributed by atoms with E-state index in [0.29, 0.717) is 0 Å². The Morgan fingerprint density at radius 2 is 1.69 bits per heavy atom. The predicted molar refractivity (Wildman–Crippen MR) is 65.3 cm³/mol. The number of benzene rings is 2. The van der Waals surface area contributed by atoms with Crippen LogP contribution < -0.4 is 0 Å². The summed E-state index contributed by atoms with van der Waals surface area (Å²) in [5.41, 5.74) is 2.05. The van der Waals surface area contributed by atoms with Crippen LogP contribution in [0.3, 0.4) is 0 Å². The van der Waals surface area contributed by atoms with Gasteiger partial charge in [0.1, 0.15) is 0 Å². The molecule has 3 aromatic rings. The monoisotopic (exact) mass is 278 g/mol. The molecular formula is C13H9ClNZn-. The normalized spacial score (nSPS) is 9.50. The largest absolute Gasteiger partial charge is 0.298 e. The zero-order chi connectivity index (χ0) is 9.38. The molecule has 0 saturated carbocycles. The van der Waals surface area contributed by atoms with Crippen LogP contribution in [0.25, 0.3) is 21.8 Å². The molecular weight excluding hydrogens is 271 g/mol. The quantitative estimate of drug-likeness (QED) is 0.348. The van der Waals surface area contributed by atoms with Gasteiger partial charge in [0.25, 0.3) is 0 Å². The van der Waals surface area contributed by atoms with Gasteiger partial charge in [-0.25, -0.2) is 0 Å². The van der Waals surface area contributed by atoms with E-state index in [1.807, 2.05) is 36.4 Å². The van der Waals surface area contributed by atoms with Gasteiger partial charge in [-0.05, 0) is 17.0 Å². The molecule has 0 aliphatic rings. The fourth-order valence-corrected chi connectivity index (χ4v) is 1.65. The van der Waals surface area contributed by atoms with Crippen LogP contribution in [0.2, 0.25) is 0 Å².